The van der Waals surface area contributed by atoms with E-state index in [0.717, 1.165) is 0 Å². The Balaban J connectivity index is 2.30. The molecule has 6 heteroatoms. The summed E-state index contributed by atoms with van der Waals surface area (Å²) in [5, 5.41) is 5.26. The van der Waals surface area contributed by atoms with Crippen molar-refractivity contribution in [3.63, 3.8) is 0 Å². The fraction of sp³-hybridized carbons (Fsp3) is 0.714. The third-order valence-corrected chi connectivity index (χ3v) is 3.30. The molecule has 0 radical (unpaired) electrons. The van der Waals surface area contributed by atoms with Crippen LogP contribution >= 0.6 is 0 Å². The molecule has 1 aliphatic carbocycles. The van der Waals surface area contributed by atoms with Crippen LogP contribution in [0.1, 0.15) is 40.5 Å². The molecule has 0 aromatic rings. The van der Waals surface area contributed by atoms with Crippen LogP contribution in [0.2, 0.25) is 0 Å². The van der Waals surface area contributed by atoms with Crippen molar-refractivity contribution in [2.45, 2.75) is 52.6 Å². The van der Waals surface area contributed by atoms with Gasteiger partial charge in [-0.25, -0.2) is 0 Å². The first-order chi connectivity index (χ1) is 9.22. The van der Waals surface area contributed by atoms with Crippen LogP contribution in [0.4, 0.5) is 0 Å². The van der Waals surface area contributed by atoms with Gasteiger partial charge in [-0.2, -0.15) is 0 Å². The zero-order chi connectivity index (χ0) is 15.4. The zero-order valence-corrected chi connectivity index (χ0v) is 12.4. The molecule has 1 aliphatic rings. The molecule has 0 bridgehead atoms. The lowest BCUT2D eigenvalue weighted by Gasteiger charge is -2.36. The number of carbonyl (C=O) groups excluding carboxylic acids is 4. The minimum Gasteiger partial charge on any atom is -0.347 e. The second-order valence-electron chi connectivity index (χ2n) is 5.85. The molecule has 1 saturated carbocycles. The van der Waals surface area contributed by atoms with E-state index in [4.69, 9.17) is 0 Å². The van der Waals surface area contributed by atoms with Crippen LogP contribution in [0.25, 0.3) is 0 Å². The number of nitrogens with one attached hydrogen (secondary N) is 2. The maximum Gasteiger partial charge on any atom is 0.287 e. The van der Waals surface area contributed by atoms with Crippen molar-refractivity contribution in [1.29, 1.82) is 0 Å². The summed E-state index contributed by atoms with van der Waals surface area (Å²) >= 11 is 0. The van der Waals surface area contributed by atoms with Crippen LogP contribution in [0.3, 0.4) is 0 Å². The SMILES string of the molecule is CC(C)C(=O)C(=O)NC1CC(NC(=O)C(=O)C(C)C)C1. The lowest BCUT2D eigenvalue weighted by molar-refractivity contribution is -0.141. The Morgan fingerprint density at radius 1 is 0.750 bits per heavy atom. The van der Waals surface area contributed by atoms with Gasteiger partial charge in [-0.15, -0.1) is 0 Å². The summed E-state index contributed by atoms with van der Waals surface area (Å²) in [4.78, 5) is 45.9. The lowest BCUT2D eigenvalue weighted by Crippen LogP contribution is -2.56. The van der Waals surface area contributed by atoms with Gasteiger partial charge in [-0.3, -0.25) is 19.2 Å². The van der Waals surface area contributed by atoms with Crippen molar-refractivity contribution < 1.29 is 19.2 Å². The maximum atomic E-state index is 11.5. The summed E-state index contributed by atoms with van der Waals surface area (Å²) in [6, 6.07) is -0.214. The molecule has 2 N–H and O–H groups in total. The normalized spacial score (nSPS) is 21.3. The van der Waals surface area contributed by atoms with E-state index in [1.54, 1.807) is 27.7 Å². The second kappa shape index (κ2) is 6.63. The van der Waals surface area contributed by atoms with Gasteiger partial charge in [0.1, 0.15) is 0 Å². The van der Waals surface area contributed by atoms with Crippen LogP contribution in [0, 0.1) is 11.8 Å². The number of ketones is 2. The fourth-order valence-corrected chi connectivity index (χ4v) is 1.89. The van der Waals surface area contributed by atoms with Crippen molar-refractivity contribution >= 4 is 23.4 Å². The van der Waals surface area contributed by atoms with Gasteiger partial charge in [-0.05, 0) is 12.8 Å². The van der Waals surface area contributed by atoms with Crippen molar-refractivity contribution in [1.82, 2.24) is 10.6 Å². The Morgan fingerprint density at radius 2 is 1.05 bits per heavy atom. The molecule has 112 valence electrons. The van der Waals surface area contributed by atoms with Crippen molar-refractivity contribution in [3.8, 4) is 0 Å². The zero-order valence-electron chi connectivity index (χ0n) is 12.4. The minimum absolute atomic E-state index is 0.107. The molecule has 0 saturated heterocycles. The largest absolute Gasteiger partial charge is 0.347 e. The molecule has 0 atom stereocenters. The van der Waals surface area contributed by atoms with E-state index in [1.807, 2.05) is 0 Å². The molecule has 0 heterocycles. The van der Waals surface area contributed by atoms with Gasteiger partial charge in [0.05, 0.1) is 0 Å². The minimum atomic E-state index is -0.576. The van der Waals surface area contributed by atoms with E-state index in [1.165, 1.54) is 0 Å². The Bertz CT molecular complexity index is 385. The third kappa shape index (κ3) is 4.15. The van der Waals surface area contributed by atoms with Crippen LogP contribution in [0.15, 0.2) is 0 Å². The molecule has 0 aromatic carbocycles. The first-order valence-electron chi connectivity index (χ1n) is 6.91. The number of hydrogen-bond donors (Lipinski definition) is 2. The third-order valence-electron chi connectivity index (χ3n) is 3.30. The predicted octanol–water partition coefficient (Wildman–Crippen LogP) is 0.200. The number of amides is 2. The summed E-state index contributed by atoms with van der Waals surface area (Å²) in [6.07, 6.45) is 1.10. The standard InChI is InChI=1S/C14H22N2O4/c1-7(2)11(17)13(19)15-9-5-10(6-9)16-14(20)12(18)8(3)4/h7-10H,5-6H2,1-4H3,(H,15,19)(H,16,20). The van der Waals surface area contributed by atoms with Crippen LogP contribution in [0.5, 0.6) is 0 Å². The number of rotatable bonds is 6. The highest BCUT2D eigenvalue weighted by atomic mass is 16.2. The Morgan fingerprint density at radius 3 is 1.30 bits per heavy atom. The van der Waals surface area contributed by atoms with Crippen LogP contribution in [-0.2, 0) is 19.2 Å². The Hall–Kier alpha value is -1.72. The molecule has 0 aliphatic heterocycles. The van der Waals surface area contributed by atoms with Crippen molar-refractivity contribution in [2.75, 3.05) is 0 Å². The predicted molar refractivity (Wildman–Crippen MR) is 72.8 cm³/mol. The lowest BCUT2D eigenvalue weighted by atomic mass is 9.86. The Labute approximate surface area is 118 Å². The van der Waals surface area contributed by atoms with Gasteiger partial charge in [-0.1, -0.05) is 27.7 Å². The highest BCUT2D eigenvalue weighted by molar-refractivity contribution is 6.37. The van der Waals surface area contributed by atoms with Gasteiger partial charge >= 0.3 is 0 Å². The molecule has 1 fully saturated rings. The molecule has 0 spiro atoms. The average molecular weight is 282 g/mol. The molecule has 0 unspecified atom stereocenters. The van der Waals surface area contributed by atoms with Gasteiger partial charge in [0, 0.05) is 23.9 Å². The maximum absolute atomic E-state index is 11.5. The quantitative estimate of drug-likeness (QED) is 0.681. The van der Waals surface area contributed by atoms with Crippen molar-refractivity contribution in [3.05, 3.63) is 0 Å². The van der Waals surface area contributed by atoms with E-state index < -0.39 is 23.4 Å². The van der Waals surface area contributed by atoms with E-state index in [9.17, 15) is 19.2 Å². The number of hydrogen-bond acceptors (Lipinski definition) is 4. The summed E-state index contributed by atoms with van der Waals surface area (Å²) in [5.74, 6) is -2.68. The molecule has 1 rings (SSSR count). The highest BCUT2D eigenvalue weighted by Gasteiger charge is 2.34. The summed E-state index contributed by atoms with van der Waals surface area (Å²) in [6.45, 7) is 6.68. The van der Waals surface area contributed by atoms with E-state index in [0.29, 0.717) is 12.8 Å². The first kappa shape index (κ1) is 16.3. The first-order valence-corrected chi connectivity index (χ1v) is 6.91. The average Bonchev–Trinajstić information content (AvgIpc) is 2.33. The van der Waals surface area contributed by atoms with E-state index in [-0.39, 0.29) is 23.9 Å². The van der Waals surface area contributed by atoms with Gasteiger partial charge in [0.2, 0.25) is 11.6 Å². The highest BCUT2D eigenvalue weighted by Crippen LogP contribution is 2.20. The monoisotopic (exact) mass is 282 g/mol. The smallest absolute Gasteiger partial charge is 0.287 e. The summed E-state index contributed by atoms with van der Waals surface area (Å²) < 4.78 is 0. The van der Waals surface area contributed by atoms with Crippen LogP contribution in [-0.4, -0.2) is 35.5 Å². The molecule has 2 amide bonds. The molecule has 20 heavy (non-hydrogen) atoms. The van der Waals surface area contributed by atoms with Crippen molar-refractivity contribution in [2.24, 2.45) is 11.8 Å². The molecule has 0 aromatic heterocycles. The fourth-order valence-electron chi connectivity index (χ4n) is 1.89. The van der Waals surface area contributed by atoms with Crippen LogP contribution < -0.4 is 10.6 Å². The van der Waals surface area contributed by atoms with Gasteiger partial charge < -0.3 is 10.6 Å². The molecular weight excluding hydrogens is 260 g/mol. The van der Waals surface area contributed by atoms with Gasteiger partial charge in [0.25, 0.3) is 11.8 Å². The van der Waals surface area contributed by atoms with E-state index in [2.05, 4.69) is 10.6 Å². The topological polar surface area (TPSA) is 92.3 Å². The Kier molecular flexibility index (Phi) is 5.42. The second-order valence-corrected chi connectivity index (χ2v) is 5.85. The summed E-state index contributed by atoms with van der Waals surface area (Å²) in [7, 11) is 0. The van der Waals surface area contributed by atoms with Gasteiger partial charge in [0.15, 0.2) is 0 Å². The van der Waals surface area contributed by atoms with E-state index >= 15 is 0 Å². The molecular formula is C14H22N2O4. The summed E-state index contributed by atoms with van der Waals surface area (Å²) in [5.41, 5.74) is 0. The number of Topliss-reactive ketones (excluding diaryl/α,β-unsaturated/α-hetero) is 2. The number of carbonyl (C=O) groups is 4. The molecule has 6 nitrogen and oxygen atoms in total.